The number of rotatable bonds is 2. The van der Waals surface area contributed by atoms with E-state index in [0.29, 0.717) is 13.0 Å². The summed E-state index contributed by atoms with van der Waals surface area (Å²) in [6.45, 7) is 0.503. The quantitative estimate of drug-likeness (QED) is 0.819. The number of nitrogens with zero attached hydrogens (tertiary/aromatic N) is 2. The molecule has 0 bridgehead atoms. The molecule has 2 fully saturated rings. The number of carbonyl (C=O) groups is 3. The summed E-state index contributed by atoms with van der Waals surface area (Å²) in [6.07, 6.45) is 0.467. The van der Waals surface area contributed by atoms with Gasteiger partial charge in [-0.3, -0.25) is 14.5 Å². The molecule has 8 heteroatoms. The molecule has 22 heavy (non-hydrogen) atoms. The lowest BCUT2D eigenvalue weighted by Crippen LogP contribution is -2.42. The molecular weight excluding hydrogens is 296 g/mol. The zero-order chi connectivity index (χ0) is 15.9. The fourth-order valence-electron chi connectivity index (χ4n) is 2.75. The molecule has 1 N–H and O–H groups in total. The highest BCUT2D eigenvalue weighted by molar-refractivity contribution is 6.02. The molecule has 2 saturated heterocycles. The number of urea groups is 1. The minimum absolute atomic E-state index is 0.0353. The van der Waals surface area contributed by atoms with E-state index in [-0.39, 0.29) is 30.6 Å². The second-order valence-corrected chi connectivity index (χ2v) is 5.25. The van der Waals surface area contributed by atoms with E-state index >= 15 is 0 Å². The highest BCUT2D eigenvalue weighted by Gasteiger charge is 2.39. The number of imide groups is 1. The van der Waals surface area contributed by atoms with Gasteiger partial charge < -0.3 is 10.2 Å². The number of hydrogen-bond acceptors (Lipinski definition) is 3. The van der Waals surface area contributed by atoms with Crippen LogP contribution in [0.1, 0.15) is 16.8 Å². The zero-order valence-corrected chi connectivity index (χ0v) is 11.5. The summed E-state index contributed by atoms with van der Waals surface area (Å²) in [5.74, 6) is -2.88. The molecule has 1 unspecified atom stereocenters. The Balaban J connectivity index is 1.72. The minimum Gasteiger partial charge on any atom is -0.336 e. The van der Waals surface area contributed by atoms with E-state index in [1.54, 1.807) is 0 Å². The predicted molar refractivity (Wildman–Crippen MR) is 70.9 cm³/mol. The van der Waals surface area contributed by atoms with Crippen LogP contribution in [0.5, 0.6) is 0 Å². The monoisotopic (exact) mass is 309 g/mol. The van der Waals surface area contributed by atoms with Gasteiger partial charge in [0.25, 0.3) is 5.91 Å². The maximum Gasteiger partial charge on any atom is 0.324 e. The summed E-state index contributed by atoms with van der Waals surface area (Å²) >= 11 is 0. The first-order valence-electron chi connectivity index (χ1n) is 6.81. The van der Waals surface area contributed by atoms with Crippen molar-refractivity contribution >= 4 is 17.8 Å². The minimum atomic E-state index is -1.09. The van der Waals surface area contributed by atoms with E-state index < -0.39 is 23.6 Å². The van der Waals surface area contributed by atoms with Gasteiger partial charge in [0.1, 0.15) is 0 Å². The molecule has 4 amide bonds. The van der Waals surface area contributed by atoms with Crippen LogP contribution in [-0.4, -0.2) is 53.3 Å². The zero-order valence-electron chi connectivity index (χ0n) is 11.5. The van der Waals surface area contributed by atoms with Gasteiger partial charge in [0, 0.05) is 18.7 Å². The largest absolute Gasteiger partial charge is 0.336 e. The predicted octanol–water partition coefficient (Wildman–Crippen LogP) is 0.731. The van der Waals surface area contributed by atoms with Crippen molar-refractivity contribution in [2.24, 2.45) is 0 Å². The fraction of sp³-hybridized carbons (Fsp3) is 0.357. The lowest BCUT2D eigenvalue weighted by Gasteiger charge is -2.21. The second-order valence-electron chi connectivity index (χ2n) is 5.25. The van der Waals surface area contributed by atoms with Gasteiger partial charge >= 0.3 is 6.03 Å². The highest BCUT2D eigenvalue weighted by Crippen LogP contribution is 2.20. The first-order valence-corrected chi connectivity index (χ1v) is 6.81. The molecule has 1 atom stereocenters. The van der Waals surface area contributed by atoms with Crippen LogP contribution < -0.4 is 5.32 Å². The van der Waals surface area contributed by atoms with Crippen LogP contribution in [-0.2, 0) is 4.79 Å². The average molecular weight is 309 g/mol. The number of carbonyl (C=O) groups excluding carboxylic acids is 3. The van der Waals surface area contributed by atoms with Crippen molar-refractivity contribution in [3.63, 3.8) is 0 Å². The lowest BCUT2D eigenvalue weighted by atomic mass is 10.2. The Morgan fingerprint density at radius 2 is 2.00 bits per heavy atom. The number of nitrogens with one attached hydrogen (secondary N) is 1. The van der Waals surface area contributed by atoms with E-state index in [0.717, 1.165) is 17.0 Å². The molecule has 116 valence electrons. The maximum atomic E-state index is 13.2. The summed E-state index contributed by atoms with van der Waals surface area (Å²) in [7, 11) is 0. The van der Waals surface area contributed by atoms with Crippen LogP contribution in [0.2, 0.25) is 0 Å². The van der Waals surface area contributed by atoms with Crippen molar-refractivity contribution in [3.05, 3.63) is 35.4 Å². The van der Waals surface area contributed by atoms with Crippen LogP contribution in [0.3, 0.4) is 0 Å². The first-order chi connectivity index (χ1) is 10.5. The smallest absolute Gasteiger partial charge is 0.324 e. The molecule has 1 aromatic rings. The fourth-order valence-corrected chi connectivity index (χ4v) is 2.75. The van der Waals surface area contributed by atoms with Gasteiger partial charge in [0.2, 0.25) is 5.91 Å². The van der Waals surface area contributed by atoms with Gasteiger partial charge in [0.05, 0.1) is 12.6 Å². The van der Waals surface area contributed by atoms with Crippen LogP contribution in [0.4, 0.5) is 13.6 Å². The molecule has 0 spiro atoms. The van der Waals surface area contributed by atoms with Crippen LogP contribution in [0.25, 0.3) is 0 Å². The molecule has 0 aliphatic carbocycles. The third kappa shape index (κ3) is 2.40. The third-order valence-electron chi connectivity index (χ3n) is 3.86. The second kappa shape index (κ2) is 5.36. The van der Waals surface area contributed by atoms with E-state index in [1.165, 1.54) is 11.0 Å². The average Bonchev–Trinajstić information content (AvgIpc) is 3.08. The Morgan fingerprint density at radius 1 is 1.23 bits per heavy atom. The normalized spacial score (nSPS) is 21.5. The van der Waals surface area contributed by atoms with Gasteiger partial charge in [-0.05, 0) is 24.6 Å². The number of halogens is 2. The van der Waals surface area contributed by atoms with Crippen molar-refractivity contribution in [2.45, 2.75) is 12.5 Å². The van der Waals surface area contributed by atoms with Crippen molar-refractivity contribution in [3.8, 4) is 0 Å². The molecule has 2 heterocycles. The Kier molecular flexibility index (Phi) is 3.51. The van der Waals surface area contributed by atoms with E-state index in [9.17, 15) is 23.2 Å². The summed E-state index contributed by atoms with van der Waals surface area (Å²) < 4.78 is 26.1. The van der Waals surface area contributed by atoms with Crippen molar-refractivity contribution < 1.29 is 23.2 Å². The van der Waals surface area contributed by atoms with Crippen LogP contribution in [0, 0.1) is 11.6 Å². The molecule has 6 nitrogen and oxygen atoms in total. The molecule has 1 aromatic carbocycles. The Hall–Kier alpha value is -2.51. The highest BCUT2D eigenvalue weighted by atomic mass is 19.2. The van der Waals surface area contributed by atoms with Crippen LogP contribution in [0.15, 0.2) is 18.2 Å². The van der Waals surface area contributed by atoms with Crippen molar-refractivity contribution in [2.75, 3.05) is 19.6 Å². The van der Waals surface area contributed by atoms with Gasteiger partial charge in [0.15, 0.2) is 11.6 Å². The van der Waals surface area contributed by atoms with Gasteiger partial charge in [-0.15, -0.1) is 0 Å². The Labute approximate surface area is 124 Å². The third-order valence-corrected chi connectivity index (χ3v) is 3.86. The Morgan fingerprint density at radius 3 is 2.64 bits per heavy atom. The molecule has 0 radical (unpaired) electrons. The molecule has 2 aliphatic heterocycles. The lowest BCUT2D eigenvalue weighted by molar-refractivity contribution is -0.126. The molecule has 0 aromatic heterocycles. The SMILES string of the molecule is O=C(c1ccc(F)c(F)c1)N1CCC(N2C(=O)CNC2=O)C1. The van der Waals surface area contributed by atoms with E-state index in [4.69, 9.17) is 0 Å². The molecule has 2 aliphatic rings. The van der Waals surface area contributed by atoms with Crippen LogP contribution >= 0.6 is 0 Å². The standard InChI is InChI=1S/C14H13F2N3O3/c15-10-2-1-8(5-11(10)16)13(21)18-4-3-9(7-18)19-12(20)6-17-14(19)22/h1-2,5,9H,3-4,6-7H2,(H,17,22). The summed E-state index contributed by atoms with van der Waals surface area (Å²) in [5, 5.41) is 2.43. The summed E-state index contributed by atoms with van der Waals surface area (Å²) in [5.41, 5.74) is 0.0387. The first kappa shape index (κ1) is 14.4. The maximum absolute atomic E-state index is 13.2. The number of amides is 4. The van der Waals surface area contributed by atoms with Crippen molar-refractivity contribution in [1.29, 1.82) is 0 Å². The van der Waals surface area contributed by atoms with Crippen molar-refractivity contribution in [1.82, 2.24) is 15.1 Å². The van der Waals surface area contributed by atoms with E-state index in [2.05, 4.69) is 5.32 Å². The summed E-state index contributed by atoms with van der Waals surface area (Å²) in [6, 6.07) is 2.11. The molecule has 0 saturated carbocycles. The summed E-state index contributed by atoms with van der Waals surface area (Å²) in [4.78, 5) is 38.1. The Bertz CT molecular complexity index is 649. The van der Waals surface area contributed by atoms with Gasteiger partial charge in [-0.2, -0.15) is 0 Å². The van der Waals surface area contributed by atoms with Gasteiger partial charge in [-0.25, -0.2) is 13.6 Å². The van der Waals surface area contributed by atoms with E-state index in [1.807, 2.05) is 0 Å². The molecule has 3 rings (SSSR count). The number of likely N-dealkylation sites (tertiary alicyclic amines) is 1. The number of benzene rings is 1. The number of hydrogen-bond donors (Lipinski definition) is 1. The van der Waals surface area contributed by atoms with Gasteiger partial charge in [-0.1, -0.05) is 0 Å². The topological polar surface area (TPSA) is 69.7 Å². The molecular formula is C14H13F2N3O3.